The Bertz CT molecular complexity index is 681. The van der Waals surface area contributed by atoms with E-state index in [-0.39, 0.29) is 6.04 Å². The molecule has 1 unspecified atom stereocenters. The Morgan fingerprint density at radius 2 is 2.00 bits per heavy atom. The topological polar surface area (TPSA) is 21.3 Å². The van der Waals surface area contributed by atoms with Gasteiger partial charge in [-0.25, -0.2) is 0 Å². The van der Waals surface area contributed by atoms with Crippen LogP contribution in [0.3, 0.4) is 0 Å². The van der Waals surface area contributed by atoms with E-state index in [4.69, 9.17) is 16.3 Å². The molecule has 0 saturated heterocycles. The number of nitrogens with one attached hydrogen (secondary N) is 1. The van der Waals surface area contributed by atoms with E-state index in [0.717, 1.165) is 29.4 Å². The summed E-state index contributed by atoms with van der Waals surface area (Å²) in [6.45, 7) is 5.05. The molecule has 0 radical (unpaired) electrons. The highest BCUT2D eigenvalue weighted by Gasteiger charge is 2.24. The summed E-state index contributed by atoms with van der Waals surface area (Å²) in [6, 6.07) is 10.6. The smallest absolute Gasteiger partial charge is 0.127 e. The van der Waals surface area contributed by atoms with Gasteiger partial charge in [0.05, 0.1) is 12.6 Å². The summed E-state index contributed by atoms with van der Waals surface area (Å²) in [5.74, 6) is 1.000. The van der Waals surface area contributed by atoms with E-state index in [1.54, 1.807) is 0 Å². The maximum Gasteiger partial charge on any atom is 0.127 e. The second-order valence-corrected chi connectivity index (χ2v) is 6.03. The Morgan fingerprint density at radius 1 is 1.19 bits per heavy atom. The summed E-state index contributed by atoms with van der Waals surface area (Å²) < 4.78 is 5.86. The van der Waals surface area contributed by atoms with Crippen LogP contribution in [0.25, 0.3) is 0 Å². The number of halogens is 1. The maximum atomic E-state index is 6.30. The third-order valence-corrected chi connectivity index (χ3v) is 4.55. The second kappa shape index (κ2) is 5.70. The van der Waals surface area contributed by atoms with Crippen LogP contribution in [-0.4, -0.2) is 13.7 Å². The van der Waals surface area contributed by atoms with Gasteiger partial charge >= 0.3 is 0 Å². The highest BCUT2D eigenvalue weighted by Crippen LogP contribution is 2.39. The molecule has 0 spiro atoms. The minimum absolute atomic E-state index is 0.0930. The largest absolute Gasteiger partial charge is 0.493 e. The zero-order chi connectivity index (χ0) is 15.0. The molecule has 1 aliphatic heterocycles. The molecule has 0 fully saturated rings. The molecular formula is C18H20ClNO. The average Bonchev–Trinajstić information content (AvgIpc) is 2.92. The quantitative estimate of drug-likeness (QED) is 0.917. The maximum absolute atomic E-state index is 6.30. The van der Waals surface area contributed by atoms with Gasteiger partial charge in [0, 0.05) is 17.0 Å². The first-order valence-corrected chi connectivity index (χ1v) is 7.68. The highest BCUT2D eigenvalue weighted by atomic mass is 35.5. The molecule has 0 saturated carbocycles. The fraction of sp³-hybridized carbons (Fsp3) is 0.333. The van der Waals surface area contributed by atoms with Crippen molar-refractivity contribution in [1.29, 1.82) is 0 Å². The van der Waals surface area contributed by atoms with Crippen molar-refractivity contribution in [2.24, 2.45) is 0 Å². The first-order chi connectivity index (χ1) is 10.1. The van der Waals surface area contributed by atoms with Crippen molar-refractivity contribution in [2.75, 3.05) is 13.7 Å². The lowest BCUT2D eigenvalue weighted by Crippen LogP contribution is -2.19. The van der Waals surface area contributed by atoms with Crippen LogP contribution in [-0.2, 0) is 6.42 Å². The van der Waals surface area contributed by atoms with Crippen molar-refractivity contribution in [2.45, 2.75) is 26.3 Å². The number of hydrogen-bond donors (Lipinski definition) is 1. The predicted octanol–water partition coefficient (Wildman–Crippen LogP) is 4.20. The van der Waals surface area contributed by atoms with Gasteiger partial charge in [-0.05, 0) is 55.3 Å². The van der Waals surface area contributed by atoms with Crippen LogP contribution < -0.4 is 10.1 Å². The lowest BCUT2D eigenvalue weighted by Gasteiger charge is -2.22. The Labute approximate surface area is 131 Å². The SMILES string of the molecule is CNC(c1cccc(C)c1C)c1cc(Cl)cc2c1OCC2. The lowest BCUT2D eigenvalue weighted by atomic mass is 9.91. The van der Waals surface area contributed by atoms with Crippen LogP contribution in [0.15, 0.2) is 30.3 Å². The molecule has 1 N–H and O–H groups in total. The summed E-state index contributed by atoms with van der Waals surface area (Å²) in [7, 11) is 1.98. The lowest BCUT2D eigenvalue weighted by molar-refractivity contribution is 0.351. The second-order valence-electron chi connectivity index (χ2n) is 5.59. The van der Waals surface area contributed by atoms with Gasteiger partial charge in [-0.2, -0.15) is 0 Å². The summed E-state index contributed by atoms with van der Waals surface area (Å²) in [4.78, 5) is 0. The summed E-state index contributed by atoms with van der Waals surface area (Å²) in [6.07, 6.45) is 0.937. The molecule has 3 rings (SSSR count). The van der Waals surface area contributed by atoms with Crippen LogP contribution in [0, 0.1) is 13.8 Å². The standard InChI is InChI=1S/C18H20ClNO/c1-11-5-4-6-15(12(11)2)17(20-3)16-10-14(19)9-13-7-8-21-18(13)16/h4-6,9-10,17,20H,7-8H2,1-3H3. The zero-order valence-electron chi connectivity index (χ0n) is 12.7. The van der Waals surface area contributed by atoms with Gasteiger partial charge in [0.1, 0.15) is 5.75 Å². The molecule has 0 aromatic heterocycles. The van der Waals surface area contributed by atoms with Gasteiger partial charge in [-0.15, -0.1) is 0 Å². The van der Waals surface area contributed by atoms with E-state index < -0.39 is 0 Å². The van der Waals surface area contributed by atoms with Crippen molar-refractivity contribution in [3.8, 4) is 5.75 Å². The minimum atomic E-state index is 0.0930. The van der Waals surface area contributed by atoms with E-state index in [1.807, 2.05) is 19.2 Å². The van der Waals surface area contributed by atoms with Gasteiger partial charge in [-0.3, -0.25) is 0 Å². The third kappa shape index (κ3) is 2.54. The van der Waals surface area contributed by atoms with Gasteiger partial charge in [0.15, 0.2) is 0 Å². The van der Waals surface area contributed by atoms with E-state index in [0.29, 0.717) is 0 Å². The number of benzene rings is 2. The van der Waals surface area contributed by atoms with Crippen molar-refractivity contribution in [3.63, 3.8) is 0 Å². The number of rotatable bonds is 3. The minimum Gasteiger partial charge on any atom is -0.493 e. The monoisotopic (exact) mass is 301 g/mol. The molecule has 21 heavy (non-hydrogen) atoms. The number of aryl methyl sites for hydroxylation is 1. The highest BCUT2D eigenvalue weighted by molar-refractivity contribution is 6.30. The molecule has 0 bridgehead atoms. The third-order valence-electron chi connectivity index (χ3n) is 4.33. The van der Waals surface area contributed by atoms with Crippen LogP contribution in [0.2, 0.25) is 5.02 Å². The average molecular weight is 302 g/mol. The van der Waals surface area contributed by atoms with Crippen LogP contribution in [0.5, 0.6) is 5.75 Å². The fourth-order valence-electron chi connectivity index (χ4n) is 3.08. The van der Waals surface area contributed by atoms with Crippen LogP contribution in [0.4, 0.5) is 0 Å². The molecule has 3 heteroatoms. The van der Waals surface area contributed by atoms with E-state index >= 15 is 0 Å². The van der Waals surface area contributed by atoms with E-state index in [2.05, 4.69) is 37.4 Å². The van der Waals surface area contributed by atoms with Crippen molar-refractivity contribution >= 4 is 11.6 Å². The Morgan fingerprint density at radius 3 is 2.76 bits per heavy atom. The number of fused-ring (bicyclic) bond motifs is 1. The molecule has 2 nitrogen and oxygen atoms in total. The van der Waals surface area contributed by atoms with Gasteiger partial charge in [-0.1, -0.05) is 29.8 Å². The summed E-state index contributed by atoms with van der Waals surface area (Å²) in [5, 5.41) is 4.20. The molecule has 1 heterocycles. The Kier molecular flexibility index (Phi) is 3.92. The normalized spacial score (nSPS) is 14.7. The molecule has 0 amide bonds. The molecular weight excluding hydrogens is 282 g/mol. The molecule has 1 atom stereocenters. The first kappa shape index (κ1) is 14.4. The predicted molar refractivity (Wildman–Crippen MR) is 87.5 cm³/mol. The molecule has 0 aliphatic carbocycles. The van der Waals surface area contributed by atoms with Crippen molar-refractivity contribution < 1.29 is 4.74 Å². The van der Waals surface area contributed by atoms with Crippen LogP contribution in [0.1, 0.15) is 33.9 Å². The fourth-order valence-corrected chi connectivity index (χ4v) is 3.33. The number of hydrogen-bond acceptors (Lipinski definition) is 2. The zero-order valence-corrected chi connectivity index (χ0v) is 13.4. The van der Waals surface area contributed by atoms with Gasteiger partial charge < -0.3 is 10.1 Å². The summed E-state index contributed by atoms with van der Waals surface area (Å²) in [5.41, 5.74) is 6.22. The first-order valence-electron chi connectivity index (χ1n) is 7.30. The Hall–Kier alpha value is -1.51. The Balaban J connectivity index is 2.15. The van der Waals surface area contributed by atoms with Crippen LogP contribution >= 0.6 is 11.6 Å². The van der Waals surface area contributed by atoms with E-state index in [1.165, 1.54) is 22.3 Å². The molecule has 1 aliphatic rings. The summed E-state index contributed by atoms with van der Waals surface area (Å²) >= 11 is 6.30. The van der Waals surface area contributed by atoms with Gasteiger partial charge in [0.25, 0.3) is 0 Å². The van der Waals surface area contributed by atoms with Crippen molar-refractivity contribution in [1.82, 2.24) is 5.32 Å². The number of ether oxygens (including phenoxy) is 1. The van der Waals surface area contributed by atoms with Crippen molar-refractivity contribution in [3.05, 3.63) is 63.2 Å². The molecule has 110 valence electrons. The van der Waals surface area contributed by atoms with Gasteiger partial charge in [0.2, 0.25) is 0 Å². The molecule has 2 aromatic rings. The van der Waals surface area contributed by atoms with E-state index in [9.17, 15) is 0 Å². The molecule has 2 aromatic carbocycles.